The number of hydrogen-bond donors (Lipinski definition) is 1. The molecule has 1 saturated carbocycles. The molecule has 0 unspecified atom stereocenters. The third-order valence-electron chi connectivity index (χ3n) is 5.37. The molecule has 0 radical (unpaired) electrons. The average Bonchev–Trinajstić information content (AvgIpc) is 3.08. The molecule has 1 heterocycles. The van der Waals surface area contributed by atoms with Crippen molar-refractivity contribution in [3.63, 3.8) is 0 Å². The highest BCUT2D eigenvalue weighted by molar-refractivity contribution is 7.89. The third-order valence-corrected chi connectivity index (χ3v) is 7.54. The number of benzene rings is 1. The third kappa shape index (κ3) is 4.01. The molecule has 0 bridgehead atoms. The van der Waals surface area contributed by atoms with Crippen molar-refractivity contribution >= 4 is 27.5 Å². The van der Waals surface area contributed by atoms with Crippen molar-refractivity contribution in [2.24, 2.45) is 5.92 Å². The molecule has 1 aromatic rings. The van der Waals surface area contributed by atoms with Gasteiger partial charge >= 0.3 is 0 Å². The summed E-state index contributed by atoms with van der Waals surface area (Å²) in [6.45, 7) is 2.53. The Morgan fingerprint density at radius 3 is 2.48 bits per heavy atom. The fraction of sp³-hybridized carbons (Fsp3) is 0.611. The first-order valence-corrected chi connectivity index (χ1v) is 10.8. The highest BCUT2D eigenvalue weighted by Gasteiger charge is 2.40. The van der Waals surface area contributed by atoms with Crippen molar-refractivity contribution < 1.29 is 13.2 Å². The topological polar surface area (TPSA) is 66.5 Å². The fourth-order valence-electron chi connectivity index (χ4n) is 3.84. The predicted molar refractivity (Wildman–Crippen MR) is 97.9 cm³/mol. The predicted octanol–water partition coefficient (Wildman–Crippen LogP) is 3.19. The van der Waals surface area contributed by atoms with Gasteiger partial charge in [-0.25, -0.2) is 8.42 Å². The lowest BCUT2D eigenvalue weighted by Crippen LogP contribution is -2.50. The number of rotatable bonds is 4. The summed E-state index contributed by atoms with van der Waals surface area (Å²) in [6, 6.07) is 5.64. The Balaban J connectivity index is 1.75. The minimum Gasteiger partial charge on any atom is -0.352 e. The van der Waals surface area contributed by atoms with E-state index < -0.39 is 16.1 Å². The van der Waals surface area contributed by atoms with Gasteiger partial charge in [0.15, 0.2) is 0 Å². The number of nitrogens with one attached hydrogen (secondary N) is 1. The van der Waals surface area contributed by atoms with E-state index in [1.165, 1.54) is 22.9 Å². The number of sulfonamides is 1. The molecule has 138 valence electrons. The Morgan fingerprint density at radius 1 is 1.12 bits per heavy atom. The molecule has 1 amide bonds. The standard InChI is InChI=1S/C18H25ClN2O3S/c1-13-5-2-3-6-16(13)20-18(22)17-7-4-12-21(17)25(23,24)15-10-8-14(19)9-11-15/h8-11,13,16-17H,2-7,12H2,1H3,(H,20,22)/t13-,16+,17-/m1/s1. The molecule has 25 heavy (non-hydrogen) atoms. The van der Waals surface area contributed by atoms with E-state index in [1.54, 1.807) is 12.1 Å². The van der Waals surface area contributed by atoms with E-state index in [-0.39, 0.29) is 16.8 Å². The van der Waals surface area contributed by atoms with Gasteiger partial charge in [0.05, 0.1) is 4.90 Å². The van der Waals surface area contributed by atoms with Gasteiger partial charge in [0.2, 0.25) is 15.9 Å². The van der Waals surface area contributed by atoms with E-state index in [1.807, 2.05) is 0 Å². The van der Waals surface area contributed by atoms with Crippen LogP contribution in [0.15, 0.2) is 29.2 Å². The average molecular weight is 385 g/mol. The van der Waals surface area contributed by atoms with E-state index in [0.717, 1.165) is 19.3 Å². The zero-order chi connectivity index (χ0) is 18.0. The van der Waals surface area contributed by atoms with Crippen molar-refractivity contribution in [1.82, 2.24) is 9.62 Å². The van der Waals surface area contributed by atoms with Crippen LogP contribution in [0.4, 0.5) is 0 Å². The van der Waals surface area contributed by atoms with Crippen LogP contribution in [-0.4, -0.2) is 37.3 Å². The second-order valence-electron chi connectivity index (χ2n) is 7.10. The Kier molecular flexibility index (Phi) is 5.71. The molecular formula is C18H25ClN2O3S. The van der Waals surface area contributed by atoms with Gasteiger partial charge in [-0.3, -0.25) is 4.79 Å². The van der Waals surface area contributed by atoms with Gasteiger partial charge in [0.1, 0.15) is 6.04 Å². The van der Waals surface area contributed by atoms with Crippen LogP contribution in [0.3, 0.4) is 0 Å². The van der Waals surface area contributed by atoms with E-state index in [4.69, 9.17) is 11.6 Å². The molecule has 1 aliphatic heterocycles. The van der Waals surface area contributed by atoms with Gasteiger partial charge in [-0.1, -0.05) is 31.4 Å². The largest absolute Gasteiger partial charge is 0.352 e. The molecule has 2 fully saturated rings. The summed E-state index contributed by atoms with van der Waals surface area (Å²) >= 11 is 5.85. The number of halogens is 1. The van der Waals surface area contributed by atoms with Crippen LogP contribution >= 0.6 is 11.6 Å². The van der Waals surface area contributed by atoms with Gasteiger partial charge in [-0.15, -0.1) is 0 Å². The summed E-state index contributed by atoms with van der Waals surface area (Å²) in [6.07, 6.45) is 5.68. The Morgan fingerprint density at radius 2 is 1.80 bits per heavy atom. The first kappa shape index (κ1) is 18.7. The maximum atomic E-state index is 12.9. The summed E-state index contributed by atoms with van der Waals surface area (Å²) < 4.78 is 27.2. The van der Waals surface area contributed by atoms with Gasteiger partial charge in [-0.2, -0.15) is 4.31 Å². The zero-order valence-electron chi connectivity index (χ0n) is 14.4. The summed E-state index contributed by atoms with van der Waals surface area (Å²) in [5.41, 5.74) is 0. The van der Waals surface area contributed by atoms with Crippen LogP contribution in [0.1, 0.15) is 45.4 Å². The molecule has 3 atom stereocenters. The number of nitrogens with zero attached hydrogens (tertiary/aromatic N) is 1. The quantitative estimate of drug-likeness (QED) is 0.866. The number of carbonyl (C=O) groups excluding carboxylic acids is 1. The Hall–Kier alpha value is -1.11. The molecule has 5 nitrogen and oxygen atoms in total. The summed E-state index contributed by atoms with van der Waals surface area (Å²) in [4.78, 5) is 12.9. The molecule has 1 aromatic carbocycles. The van der Waals surface area contributed by atoms with Crippen LogP contribution < -0.4 is 5.32 Å². The van der Waals surface area contributed by atoms with Crippen LogP contribution in [0, 0.1) is 5.92 Å². The maximum absolute atomic E-state index is 12.9. The van der Waals surface area contributed by atoms with Gasteiger partial charge < -0.3 is 5.32 Å². The van der Waals surface area contributed by atoms with Crippen molar-refractivity contribution in [2.75, 3.05) is 6.54 Å². The second-order valence-corrected chi connectivity index (χ2v) is 9.43. The highest BCUT2D eigenvalue weighted by atomic mass is 35.5. The van der Waals surface area contributed by atoms with Crippen molar-refractivity contribution in [3.05, 3.63) is 29.3 Å². The molecule has 1 N–H and O–H groups in total. The molecule has 0 spiro atoms. The lowest BCUT2D eigenvalue weighted by Gasteiger charge is -2.32. The maximum Gasteiger partial charge on any atom is 0.243 e. The van der Waals surface area contributed by atoms with Crippen molar-refractivity contribution in [2.45, 2.75) is 62.4 Å². The summed E-state index contributed by atoms with van der Waals surface area (Å²) in [5, 5.41) is 3.59. The first-order chi connectivity index (χ1) is 11.9. The van der Waals surface area contributed by atoms with E-state index >= 15 is 0 Å². The minimum absolute atomic E-state index is 0.155. The molecule has 2 aliphatic rings. The van der Waals surface area contributed by atoms with E-state index in [2.05, 4.69) is 12.2 Å². The minimum atomic E-state index is -3.69. The highest BCUT2D eigenvalue weighted by Crippen LogP contribution is 2.28. The van der Waals surface area contributed by atoms with Gasteiger partial charge in [-0.05, 0) is 55.9 Å². The lowest BCUT2D eigenvalue weighted by molar-refractivity contribution is -0.125. The second kappa shape index (κ2) is 7.64. The molecule has 0 aromatic heterocycles. The van der Waals surface area contributed by atoms with Crippen LogP contribution in [0.2, 0.25) is 5.02 Å². The molecule has 7 heteroatoms. The smallest absolute Gasteiger partial charge is 0.243 e. The SMILES string of the molecule is C[C@@H]1CCCC[C@@H]1NC(=O)[C@H]1CCCN1S(=O)(=O)c1ccc(Cl)cc1. The number of hydrogen-bond acceptors (Lipinski definition) is 3. The van der Waals surface area contributed by atoms with Crippen molar-refractivity contribution in [3.8, 4) is 0 Å². The lowest BCUT2D eigenvalue weighted by atomic mass is 9.86. The van der Waals surface area contributed by atoms with Crippen LogP contribution in [0.25, 0.3) is 0 Å². The van der Waals surface area contributed by atoms with Crippen LogP contribution in [0.5, 0.6) is 0 Å². The normalized spacial score (nSPS) is 28.0. The summed E-state index contributed by atoms with van der Waals surface area (Å²) in [7, 11) is -3.69. The Bertz CT molecular complexity index is 720. The Labute approximate surface area is 154 Å². The molecular weight excluding hydrogens is 360 g/mol. The summed E-state index contributed by atoms with van der Waals surface area (Å²) in [5.74, 6) is 0.286. The molecule has 3 rings (SSSR count). The van der Waals surface area contributed by atoms with Gasteiger partial charge in [0, 0.05) is 17.6 Å². The zero-order valence-corrected chi connectivity index (χ0v) is 16.0. The number of carbonyl (C=O) groups is 1. The van der Waals surface area contributed by atoms with Crippen molar-refractivity contribution in [1.29, 1.82) is 0 Å². The first-order valence-electron chi connectivity index (χ1n) is 8.97. The van der Waals surface area contributed by atoms with Crippen LogP contribution in [-0.2, 0) is 14.8 Å². The molecule has 1 saturated heterocycles. The number of amides is 1. The van der Waals surface area contributed by atoms with Gasteiger partial charge in [0.25, 0.3) is 0 Å². The van der Waals surface area contributed by atoms with E-state index in [0.29, 0.717) is 30.3 Å². The molecule has 1 aliphatic carbocycles. The van der Waals surface area contributed by atoms with E-state index in [9.17, 15) is 13.2 Å². The monoisotopic (exact) mass is 384 g/mol. The fourth-order valence-corrected chi connectivity index (χ4v) is 5.62.